The molecule has 1 aromatic rings. The first-order valence-corrected chi connectivity index (χ1v) is 4.15. The van der Waals surface area contributed by atoms with Crippen molar-refractivity contribution in [3.05, 3.63) is 24.0 Å². The number of carboxylic acid groups (broad SMARTS) is 1. The minimum absolute atomic E-state index is 0.0475. The molecule has 16 heavy (non-hydrogen) atoms. The number of nitrogens with zero attached hydrogens (tertiary/aromatic N) is 1. The van der Waals surface area contributed by atoms with Crippen LogP contribution >= 0.6 is 0 Å². The highest BCUT2D eigenvalue weighted by Crippen LogP contribution is 2.08. The smallest absolute Gasteiger partial charge is 0.354 e. The fraction of sp³-hybridized carbons (Fsp3) is 0.333. The molecule has 4 nitrogen and oxygen atoms in total. The Labute approximate surface area is 89.7 Å². The van der Waals surface area contributed by atoms with Gasteiger partial charge in [0, 0.05) is 0 Å². The second-order valence-corrected chi connectivity index (χ2v) is 2.32. The summed E-state index contributed by atoms with van der Waals surface area (Å²) in [5.74, 6) is -0.736. The van der Waals surface area contributed by atoms with Crippen molar-refractivity contribution in [3.8, 4) is 5.75 Å². The van der Waals surface area contributed by atoms with Gasteiger partial charge in [-0.3, -0.25) is 0 Å². The Morgan fingerprint density at radius 3 is 2.38 bits per heavy atom. The van der Waals surface area contributed by atoms with Crippen LogP contribution in [0, 0.1) is 0 Å². The summed E-state index contributed by atoms with van der Waals surface area (Å²) in [6.07, 6.45) is 1.25. The van der Waals surface area contributed by atoms with Gasteiger partial charge in [0.25, 0.3) is 0 Å². The summed E-state index contributed by atoms with van der Waals surface area (Å²) in [6, 6.07) is 2.74. The number of hydrogen-bond donors (Lipinski definition) is 1. The van der Waals surface area contributed by atoms with Crippen molar-refractivity contribution in [2.45, 2.75) is 0 Å². The zero-order valence-corrected chi connectivity index (χ0v) is 8.20. The molecule has 90 valence electrons. The molecule has 0 aliphatic heterocycles. The van der Waals surface area contributed by atoms with E-state index in [9.17, 15) is 18.0 Å². The third-order valence-corrected chi connectivity index (χ3v) is 1.30. The van der Waals surface area contributed by atoms with Crippen molar-refractivity contribution >= 4 is 5.97 Å². The molecule has 0 fully saturated rings. The van der Waals surface area contributed by atoms with Crippen LogP contribution in [-0.2, 0) is 0 Å². The number of pyridine rings is 1. The van der Waals surface area contributed by atoms with E-state index in [2.05, 4.69) is 4.98 Å². The molecule has 0 aliphatic carbocycles. The summed E-state index contributed by atoms with van der Waals surface area (Å²) in [5.41, 5.74) is -0.0624. The van der Waals surface area contributed by atoms with Gasteiger partial charge in [-0.2, -0.15) is 0 Å². The molecule has 1 N–H and O–H groups in total. The molecular weight excluding hydrogens is 227 g/mol. The van der Waals surface area contributed by atoms with Crippen molar-refractivity contribution in [1.82, 2.24) is 4.98 Å². The van der Waals surface area contributed by atoms with Gasteiger partial charge in [0.1, 0.15) is 24.7 Å². The molecule has 0 amide bonds. The maximum absolute atomic E-state index is 11.6. The summed E-state index contributed by atoms with van der Waals surface area (Å²) < 4.78 is 35.8. The fourth-order valence-electron chi connectivity index (χ4n) is 0.749. The molecule has 0 aliphatic rings. The van der Waals surface area contributed by atoms with Crippen molar-refractivity contribution in [2.24, 2.45) is 0 Å². The highest BCUT2D eigenvalue weighted by atomic mass is 19.3. The van der Waals surface area contributed by atoms with Crippen LogP contribution in [-0.4, -0.2) is 36.3 Å². The molecule has 1 rings (SSSR count). The van der Waals surface area contributed by atoms with Gasteiger partial charge < -0.3 is 9.84 Å². The van der Waals surface area contributed by atoms with Crippen LogP contribution in [0.4, 0.5) is 13.2 Å². The molecule has 0 radical (unpaired) electrons. The van der Waals surface area contributed by atoms with E-state index in [-0.39, 0.29) is 12.3 Å². The van der Waals surface area contributed by atoms with Crippen molar-refractivity contribution in [2.75, 3.05) is 20.2 Å². The van der Waals surface area contributed by atoms with E-state index in [1.165, 1.54) is 18.3 Å². The first-order valence-electron chi connectivity index (χ1n) is 4.15. The predicted molar refractivity (Wildman–Crippen MR) is 49.7 cm³/mol. The van der Waals surface area contributed by atoms with Crippen LogP contribution in [0.25, 0.3) is 0 Å². The lowest BCUT2D eigenvalue weighted by Crippen LogP contribution is -2.02. The Balaban J connectivity index is 0.000000673. The van der Waals surface area contributed by atoms with Gasteiger partial charge in [-0.25, -0.2) is 22.9 Å². The van der Waals surface area contributed by atoms with Crippen molar-refractivity contribution in [3.63, 3.8) is 0 Å². The number of aromatic carboxylic acids is 1. The number of carbonyl (C=O) groups is 1. The lowest BCUT2D eigenvalue weighted by Gasteiger charge is -2.01. The molecule has 0 aromatic carbocycles. The Morgan fingerprint density at radius 1 is 1.38 bits per heavy atom. The Bertz CT molecular complexity index is 305. The summed E-state index contributed by atoms with van der Waals surface area (Å²) in [6.45, 7) is -2.38. The van der Waals surface area contributed by atoms with Gasteiger partial charge in [-0.05, 0) is 12.1 Å². The highest BCUT2D eigenvalue weighted by Gasteiger charge is 2.03. The average molecular weight is 237 g/mol. The number of hydrogen-bond acceptors (Lipinski definition) is 3. The topological polar surface area (TPSA) is 59.4 Å². The quantitative estimate of drug-likeness (QED) is 0.870. The normalized spacial score (nSPS) is 8.94. The van der Waals surface area contributed by atoms with Gasteiger partial charge in [-0.15, -0.1) is 0 Å². The lowest BCUT2D eigenvalue weighted by molar-refractivity contribution is 0.0690. The van der Waals surface area contributed by atoms with Crippen LogP contribution in [0.1, 0.15) is 10.5 Å². The van der Waals surface area contributed by atoms with Crippen LogP contribution in [0.2, 0.25) is 0 Å². The summed E-state index contributed by atoms with van der Waals surface area (Å²) in [7, 11) is 0. The van der Waals surface area contributed by atoms with Crippen LogP contribution < -0.4 is 4.74 Å². The van der Waals surface area contributed by atoms with E-state index in [4.69, 9.17) is 9.84 Å². The SMILES string of the molecule is FCF.O=C(O)c1ccc(OCCF)cn1. The first-order chi connectivity index (χ1) is 7.65. The molecule has 0 saturated carbocycles. The molecule has 0 spiro atoms. The Kier molecular flexibility index (Phi) is 7.56. The molecular formula is C9H10F3NO3. The molecule has 0 atom stereocenters. The van der Waals surface area contributed by atoms with Crippen molar-refractivity contribution in [1.29, 1.82) is 0 Å². The molecule has 0 saturated heterocycles. The zero-order valence-electron chi connectivity index (χ0n) is 8.20. The number of alkyl halides is 3. The number of carboxylic acids is 1. The van der Waals surface area contributed by atoms with Crippen LogP contribution in [0.5, 0.6) is 5.75 Å². The number of rotatable bonds is 4. The third kappa shape index (κ3) is 5.84. The number of halogens is 3. The molecule has 1 aromatic heterocycles. The third-order valence-electron chi connectivity index (χ3n) is 1.30. The minimum atomic E-state index is -1.75. The Morgan fingerprint density at radius 2 is 2.00 bits per heavy atom. The maximum Gasteiger partial charge on any atom is 0.354 e. The highest BCUT2D eigenvalue weighted by molar-refractivity contribution is 5.85. The van der Waals surface area contributed by atoms with E-state index >= 15 is 0 Å². The van der Waals surface area contributed by atoms with E-state index in [1.807, 2.05) is 0 Å². The van der Waals surface area contributed by atoms with E-state index < -0.39 is 19.6 Å². The second kappa shape index (κ2) is 8.51. The second-order valence-electron chi connectivity index (χ2n) is 2.32. The molecule has 0 bridgehead atoms. The van der Waals surface area contributed by atoms with E-state index in [1.54, 1.807) is 0 Å². The summed E-state index contributed by atoms with van der Waals surface area (Å²) >= 11 is 0. The molecule has 1 heterocycles. The molecule has 7 heteroatoms. The minimum Gasteiger partial charge on any atom is -0.489 e. The molecule has 0 unspecified atom stereocenters. The maximum atomic E-state index is 11.6. The Hall–Kier alpha value is -1.79. The van der Waals surface area contributed by atoms with Crippen LogP contribution in [0.3, 0.4) is 0 Å². The monoisotopic (exact) mass is 237 g/mol. The number of ether oxygens (including phenoxy) is 1. The first kappa shape index (κ1) is 14.2. The van der Waals surface area contributed by atoms with E-state index in [0.29, 0.717) is 5.75 Å². The lowest BCUT2D eigenvalue weighted by atomic mass is 10.3. The fourth-order valence-corrected chi connectivity index (χ4v) is 0.749. The standard InChI is InChI=1S/C8H8FNO3.CH2F2/c9-3-4-13-6-1-2-7(8(11)12)10-5-6;2-1-3/h1-2,5H,3-4H2,(H,11,12);1H2. The number of aromatic nitrogens is 1. The predicted octanol–water partition coefficient (Wildman–Crippen LogP) is 2.01. The van der Waals surface area contributed by atoms with Gasteiger partial charge in [-0.1, -0.05) is 0 Å². The average Bonchev–Trinajstić information content (AvgIpc) is 2.28. The van der Waals surface area contributed by atoms with Crippen molar-refractivity contribution < 1.29 is 27.8 Å². The van der Waals surface area contributed by atoms with Gasteiger partial charge in [0.2, 0.25) is 6.93 Å². The van der Waals surface area contributed by atoms with Gasteiger partial charge in [0.05, 0.1) is 6.20 Å². The van der Waals surface area contributed by atoms with Crippen LogP contribution in [0.15, 0.2) is 18.3 Å². The largest absolute Gasteiger partial charge is 0.489 e. The van der Waals surface area contributed by atoms with Gasteiger partial charge >= 0.3 is 5.97 Å². The summed E-state index contributed by atoms with van der Waals surface area (Å²) in [5, 5.41) is 8.49. The van der Waals surface area contributed by atoms with Gasteiger partial charge in [0.15, 0.2) is 0 Å². The summed E-state index contributed by atoms with van der Waals surface area (Å²) in [4.78, 5) is 13.9. The van der Waals surface area contributed by atoms with E-state index in [0.717, 1.165) is 0 Å². The zero-order chi connectivity index (χ0) is 12.4.